The molecular weight excluding hydrogens is 737 g/mol. The zero-order chi connectivity index (χ0) is 40.0. The van der Waals surface area contributed by atoms with E-state index in [0.29, 0.717) is 0 Å². The summed E-state index contributed by atoms with van der Waals surface area (Å²) in [7, 11) is 0. The van der Waals surface area contributed by atoms with Gasteiger partial charge in [0.1, 0.15) is 0 Å². The van der Waals surface area contributed by atoms with Crippen LogP contribution in [0.2, 0.25) is 0 Å². The van der Waals surface area contributed by atoms with E-state index < -0.39 is 0 Å². The minimum absolute atomic E-state index is 0.0236. The first-order chi connectivity index (χ1) is 28.1. The minimum Gasteiger partial charge on any atom is -0.135 e. The first-order valence-electron chi connectivity index (χ1n) is 20.3. The Morgan fingerprint density at radius 1 is 0.293 bits per heavy atom. The number of thiophene rings is 2. The third-order valence-corrected chi connectivity index (χ3v) is 13.5. The molecule has 8 aromatic carbocycles. The quantitative estimate of drug-likeness (QED) is 0.167. The van der Waals surface area contributed by atoms with Crippen LogP contribution in [0, 0.1) is 0 Å². The van der Waals surface area contributed by atoms with Crippen molar-refractivity contribution in [3.63, 3.8) is 0 Å². The molecule has 0 spiro atoms. The Morgan fingerprint density at radius 2 is 0.690 bits per heavy atom. The van der Waals surface area contributed by atoms with Gasteiger partial charge in [0.25, 0.3) is 0 Å². The number of benzene rings is 8. The van der Waals surface area contributed by atoms with E-state index in [1.807, 2.05) is 22.7 Å². The predicted octanol–water partition coefficient (Wildman–Crippen LogP) is 17.4. The largest absolute Gasteiger partial charge is 0.135 e. The topological polar surface area (TPSA) is 0 Å². The monoisotopic (exact) mass is 784 g/mol. The van der Waals surface area contributed by atoms with Gasteiger partial charge in [-0.1, -0.05) is 205 Å². The van der Waals surface area contributed by atoms with Crippen molar-refractivity contribution in [3.8, 4) is 44.5 Å². The first-order valence-corrected chi connectivity index (χ1v) is 21.9. The highest BCUT2D eigenvalue weighted by molar-refractivity contribution is 7.26. The molecule has 0 unspecified atom stereocenters. The third-order valence-electron chi connectivity index (χ3n) is 11.2. The molecule has 0 atom stereocenters. The van der Waals surface area contributed by atoms with Gasteiger partial charge in [-0.3, -0.25) is 0 Å². The van der Waals surface area contributed by atoms with Gasteiger partial charge in [-0.05, 0) is 84.7 Å². The summed E-state index contributed by atoms with van der Waals surface area (Å²) in [5.74, 6) is 0. The summed E-state index contributed by atoms with van der Waals surface area (Å²) < 4.78 is 5.44. The lowest BCUT2D eigenvalue weighted by Gasteiger charge is -2.27. The average Bonchev–Trinajstić information content (AvgIpc) is 3.82. The highest BCUT2D eigenvalue weighted by Crippen LogP contribution is 2.47. The lowest BCUT2D eigenvalue weighted by atomic mass is 9.77. The molecule has 58 heavy (non-hydrogen) atoms. The van der Waals surface area contributed by atoms with E-state index in [1.54, 1.807) is 0 Å². The van der Waals surface area contributed by atoms with Gasteiger partial charge in [0.05, 0.1) is 0 Å². The molecule has 0 bridgehead atoms. The van der Waals surface area contributed by atoms with Crippen LogP contribution in [-0.4, -0.2) is 0 Å². The second kappa shape index (κ2) is 15.2. The normalized spacial score (nSPS) is 12.0. The van der Waals surface area contributed by atoms with Crippen LogP contribution < -0.4 is 0 Å². The van der Waals surface area contributed by atoms with E-state index in [9.17, 15) is 0 Å². The van der Waals surface area contributed by atoms with E-state index in [0.717, 1.165) is 0 Å². The van der Waals surface area contributed by atoms with Crippen LogP contribution in [0.3, 0.4) is 0 Å². The van der Waals surface area contributed by atoms with Gasteiger partial charge in [0, 0.05) is 40.3 Å². The zero-order valence-corrected chi connectivity index (χ0v) is 35.8. The smallest absolute Gasteiger partial charge is 0.0433 e. The van der Waals surface area contributed by atoms with Gasteiger partial charge in [0.15, 0.2) is 0 Å². The van der Waals surface area contributed by atoms with E-state index in [4.69, 9.17) is 0 Å². The fraction of sp³-hybridized carbons (Fsp3) is 0.143. The predicted molar refractivity (Wildman–Crippen MR) is 258 cm³/mol. The molecule has 0 N–H and O–H groups in total. The van der Waals surface area contributed by atoms with Crippen molar-refractivity contribution in [2.24, 2.45) is 0 Å². The number of fused-ring (bicyclic) bond motifs is 6. The van der Waals surface area contributed by atoms with E-state index in [1.165, 1.54) is 96.0 Å². The summed E-state index contributed by atoms with van der Waals surface area (Å²) in [4.78, 5) is 0. The zero-order valence-electron chi connectivity index (χ0n) is 34.1. The molecule has 0 radical (unpaired) electrons. The molecule has 0 saturated carbocycles. The molecule has 0 aliphatic carbocycles. The SMILES string of the molecule is CC(C)(C)c1c(-c2ccccc2)cccc1-c1cccc2c1sc1ccccc12.CC(C)(C)c1c(-c2ccccc2)cccc1-c1cccc2sc3ccccc3c12. The van der Waals surface area contributed by atoms with Gasteiger partial charge >= 0.3 is 0 Å². The molecule has 2 aromatic heterocycles. The van der Waals surface area contributed by atoms with Gasteiger partial charge < -0.3 is 0 Å². The summed E-state index contributed by atoms with van der Waals surface area (Å²) in [6.45, 7) is 13.9. The van der Waals surface area contributed by atoms with Crippen LogP contribution in [-0.2, 0) is 10.8 Å². The van der Waals surface area contributed by atoms with E-state index in [-0.39, 0.29) is 10.8 Å². The maximum atomic E-state index is 2.32. The van der Waals surface area contributed by atoms with Crippen molar-refractivity contribution in [1.29, 1.82) is 0 Å². The van der Waals surface area contributed by atoms with Crippen LogP contribution in [0.15, 0.2) is 182 Å². The minimum atomic E-state index is 0.0236. The Bertz CT molecular complexity index is 3050. The highest BCUT2D eigenvalue weighted by atomic mass is 32.1. The maximum Gasteiger partial charge on any atom is 0.0433 e. The second-order valence-corrected chi connectivity index (χ2v) is 19.4. The molecule has 0 aliphatic heterocycles. The number of hydrogen-bond donors (Lipinski definition) is 0. The van der Waals surface area contributed by atoms with Crippen molar-refractivity contribution in [2.75, 3.05) is 0 Å². The first kappa shape index (κ1) is 37.8. The van der Waals surface area contributed by atoms with Crippen LogP contribution in [0.1, 0.15) is 52.7 Å². The molecule has 284 valence electrons. The van der Waals surface area contributed by atoms with Gasteiger partial charge in [-0.25, -0.2) is 0 Å². The fourth-order valence-electron chi connectivity index (χ4n) is 8.84. The number of rotatable bonds is 4. The van der Waals surface area contributed by atoms with E-state index in [2.05, 4.69) is 224 Å². The molecule has 0 nitrogen and oxygen atoms in total. The van der Waals surface area contributed by atoms with Gasteiger partial charge in [-0.2, -0.15) is 0 Å². The molecule has 0 aliphatic rings. The third kappa shape index (κ3) is 6.95. The van der Waals surface area contributed by atoms with Crippen molar-refractivity contribution in [2.45, 2.75) is 52.4 Å². The number of hydrogen-bond acceptors (Lipinski definition) is 2. The molecular formula is C56H48S2. The molecule has 2 heteroatoms. The Labute approximate surface area is 351 Å². The lowest BCUT2D eigenvalue weighted by molar-refractivity contribution is 0.593. The van der Waals surface area contributed by atoms with Crippen molar-refractivity contribution in [1.82, 2.24) is 0 Å². The fourth-order valence-corrected chi connectivity index (χ4v) is 11.2. The van der Waals surface area contributed by atoms with E-state index >= 15 is 0 Å². The lowest BCUT2D eigenvalue weighted by Crippen LogP contribution is -2.14. The molecule has 0 fully saturated rings. The van der Waals surface area contributed by atoms with Crippen molar-refractivity contribution < 1.29 is 0 Å². The summed E-state index contributed by atoms with van der Waals surface area (Å²) in [6, 6.07) is 66.1. The average molecular weight is 785 g/mol. The molecule has 10 aromatic rings. The highest BCUT2D eigenvalue weighted by Gasteiger charge is 2.26. The molecule has 2 heterocycles. The summed E-state index contributed by atoms with van der Waals surface area (Å²) in [5.41, 5.74) is 13.4. The molecule has 0 saturated heterocycles. The molecule has 0 amide bonds. The van der Waals surface area contributed by atoms with Crippen LogP contribution in [0.25, 0.3) is 84.9 Å². The Kier molecular flexibility index (Phi) is 9.88. The maximum absolute atomic E-state index is 2.32. The van der Waals surface area contributed by atoms with Crippen LogP contribution in [0.4, 0.5) is 0 Å². The Hall–Kier alpha value is -5.80. The summed E-state index contributed by atoms with van der Waals surface area (Å²) in [6.07, 6.45) is 0. The second-order valence-electron chi connectivity index (χ2n) is 17.2. The van der Waals surface area contributed by atoms with Gasteiger partial charge in [-0.15, -0.1) is 22.7 Å². The van der Waals surface area contributed by atoms with Crippen molar-refractivity contribution >= 4 is 63.0 Å². The molecule has 10 rings (SSSR count). The Balaban J connectivity index is 0.000000150. The standard InChI is InChI=1S/2C28H24S/c1-28(2,3)27-20(19-11-5-4-6-12-19)14-9-16-22(27)21-15-10-18-25-26(21)23-13-7-8-17-24(23)29-25;1-28(2,3)26-20(19-11-5-4-6-12-19)14-9-15-22(26)24-17-10-16-23-21-13-7-8-18-25(21)29-27(23)24/h2*4-18H,1-3H3. The van der Waals surface area contributed by atoms with Crippen LogP contribution in [0.5, 0.6) is 0 Å². The van der Waals surface area contributed by atoms with Crippen molar-refractivity contribution in [3.05, 3.63) is 193 Å². The Morgan fingerprint density at radius 3 is 1.28 bits per heavy atom. The summed E-state index contributed by atoms with van der Waals surface area (Å²) >= 11 is 3.79. The van der Waals surface area contributed by atoms with Gasteiger partial charge in [0.2, 0.25) is 0 Å². The van der Waals surface area contributed by atoms with Crippen LogP contribution >= 0.6 is 22.7 Å². The summed E-state index contributed by atoms with van der Waals surface area (Å²) in [5, 5.41) is 5.44.